The van der Waals surface area contributed by atoms with Gasteiger partial charge in [0.15, 0.2) is 5.78 Å². The van der Waals surface area contributed by atoms with Crippen molar-refractivity contribution < 1.29 is 32.3 Å². The van der Waals surface area contributed by atoms with Crippen LogP contribution in [0.1, 0.15) is 36.5 Å². The Labute approximate surface area is 236 Å². The van der Waals surface area contributed by atoms with Crippen LogP contribution in [-0.2, 0) is 25.3 Å². The van der Waals surface area contributed by atoms with Crippen LogP contribution in [0.25, 0.3) is 0 Å². The SMILES string of the molecule is COCCN1CCN(C(=O)C2C(=O)N(c3cccc(C(F)(F)F)c3)C(C)=C(C(C)=O)C2c2ccc(C#N)cc2)CC1. The average Bonchev–Trinajstić information content (AvgIpc) is 2.95. The lowest BCUT2D eigenvalue weighted by atomic mass is 9.73. The van der Waals surface area contributed by atoms with Crippen LogP contribution in [0, 0.1) is 17.2 Å². The number of methoxy groups -OCH3 is 1. The van der Waals surface area contributed by atoms with Gasteiger partial charge in [0.25, 0.3) is 0 Å². The molecule has 216 valence electrons. The summed E-state index contributed by atoms with van der Waals surface area (Å²) < 4.78 is 45.8. The van der Waals surface area contributed by atoms with Crippen LogP contribution in [0.5, 0.6) is 0 Å². The molecule has 0 saturated carbocycles. The van der Waals surface area contributed by atoms with E-state index in [0.29, 0.717) is 50.5 Å². The van der Waals surface area contributed by atoms with E-state index in [-0.39, 0.29) is 17.0 Å². The Hall–Kier alpha value is -4.01. The molecule has 0 bridgehead atoms. The lowest BCUT2D eigenvalue weighted by Crippen LogP contribution is -2.56. The summed E-state index contributed by atoms with van der Waals surface area (Å²) in [6.07, 6.45) is -4.65. The van der Waals surface area contributed by atoms with E-state index < -0.39 is 41.2 Å². The van der Waals surface area contributed by atoms with Gasteiger partial charge in [-0.25, -0.2) is 0 Å². The fraction of sp³-hybridized carbons (Fsp3) is 0.400. The van der Waals surface area contributed by atoms with Crippen LogP contribution in [0.2, 0.25) is 0 Å². The largest absolute Gasteiger partial charge is 0.416 e. The molecule has 2 atom stereocenters. The van der Waals surface area contributed by atoms with Gasteiger partial charge in [-0.15, -0.1) is 0 Å². The highest BCUT2D eigenvalue weighted by Crippen LogP contribution is 2.44. The number of allylic oxidation sites excluding steroid dienone is 2. The Kier molecular flexibility index (Phi) is 8.95. The number of piperazine rings is 1. The van der Waals surface area contributed by atoms with Gasteiger partial charge in [0.2, 0.25) is 11.8 Å². The fourth-order valence-corrected chi connectivity index (χ4v) is 5.56. The number of benzene rings is 2. The second-order valence-electron chi connectivity index (χ2n) is 10.1. The van der Waals surface area contributed by atoms with Gasteiger partial charge in [0.1, 0.15) is 5.92 Å². The quantitative estimate of drug-likeness (QED) is 0.470. The lowest BCUT2D eigenvalue weighted by molar-refractivity contribution is -0.144. The molecule has 0 aliphatic carbocycles. The molecule has 0 spiro atoms. The van der Waals surface area contributed by atoms with E-state index in [0.717, 1.165) is 17.0 Å². The highest BCUT2D eigenvalue weighted by molar-refractivity contribution is 6.15. The number of halogens is 3. The number of nitrogens with zero attached hydrogens (tertiary/aromatic N) is 4. The molecule has 8 nitrogen and oxygen atoms in total. The summed E-state index contributed by atoms with van der Waals surface area (Å²) >= 11 is 0. The molecule has 1 fully saturated rings. The van der Waals surface area contributed by atoms with E-state index in [1.54, 1.807) is 36.3 Å². The molecular weight excluding hydrogens is 537 g/mol. The molecule has 4 rings (SSSR count). The summed E-state index contributed by atoms with van der Waals surface area (Å²) in [5, 5.41) is 9.26. The minimum absolute atomic E-state index is 0.0819. The number of carbonyl (C=O) groups excluding carboxylic acids is 3. The number of nitriles is 1. The molecular formula is C30H31F3N4O4. The predicted octanol–water partition coefficient (Wildman–Crippen LogP) is 3.98. The van der Waals surface area contributed by atoms with Gasteiger partial charge in [-0.2, -0.15) is 18.4 Å². The third-order valence-electron chi connectivity index (χ3n) is 7.63. The number of anilines is 1. The number of ketones is 1. The van der Waals surface area contributed by atoms with Gasteiger partial charge in [0, 0.05) is 62.7 Å². The predicted molar refractivity (Wildman–Crippen MR) is 145 cm³/mol. The standard InChI is InChI=1S/C30H31F3N4O4/c1-19-25(20(2)38)26(22-9-7-21(18-34)8-10-22)27(28(39)36-13-11-35(12-14-36)15-16-41-3)29(40)37(19)24-6-4-5-23(17-24)30(31,32)33/h4-10,17,26-27H,11-16H2,1-3H3. The number of hydrogen-bond acceptors (Lipinski definition) is 6. The van der Waals surface area contributed by atoms with E-state index in [4.69, 9.17) is 4.74 Å². The van der Waals surface area contributed by atoms with Crippen molar-refractivity contribution in [3.05, 3.63) is 76.5 Å². The zero-order chi connectivity index (χ0) is 29.9. The number of alkyl halides is 3. The molecule has 2 amide bonds. The smallest absolute Gasteiger partial charge is 0.383 e. The first-order valence-corrected chi connectivity index (χ1v) is 13.2. The fourth-order valence-electron chi connectivity index (χ4n) is 5.56. The normalized spacial score (nSPS) is 20.3. The first-order valence-electron chi connectivity index (χ1n) is 13.2. The van der Waals surface area contributed by atoms with Crippen molar-refractivity contribution in [2.24, 2.45) is 5.92 Å². The Morgan fingerprint density at radius 3 is 2.29 bits per heavy atom. The van der Waals surface area contributed by atoms with Crippen molar-refractivity contribution in [3.63, 3.8) is 0 Å². The van der Waals surface area contributed by atoms with Crippen LogP contribution in [0.4, 0.5) is 18.9 Å². The summed E-state index contributed by atoms with van der Waals surface area (Å²) in [4.78, 5) is 46.3. The van der Waals surface area contributed by atoms with Crippen molar-refractivity contribution in [1.82, 2.24) is 9.80 Å². The van der Waals surface area contributed by atoms with E-state index in [2.05, 4.69) is 4.90 Å². The van der Waals surface area contributed by atoms with E-state index in [9.17, 15) is 32.8 Å². The second kappa shape index (κ2) is 12.2. The van der Waals surface area contributed by atoms with Crippen LogP contribution >= 0.6 is 0 Å². The molecule has 41 heavy (non-hydrogen) atoms. The Balaban J connectivity index is 1.82. The molecule has 1 saturated heterocycles. The Morgan fingerprint density at radius 2 is 1.73 bits per heavy atom. The maximum absolute atomic E-state index is 14.2. The van der Waals surface area contributed by atoms with Gasteiger partial charge in [-0.3, -0.25) is 24.2 Å². The maximum atomic E-state index is 14.2. The minimum atomic E-state index is -4.65. The number of carbonyl (C=O) groups is 3. The average molecular weight is 569 g/mol. The number of Topliss-reactive ketones (excluding diaryl/α,β-unsaturated/α-hetero) is 1. The summed E-state index contributed by atoms with van der Waals surface area (Å²) in [6, 6.07) is 12.6. The monoisotopic (exact) mass is 568 g/mol. The zero-order valence-corrected chi connectivity index (χ0v) is 23.1. The van der Waals surface area contributed by atoms with Gasteiger partial charge in [0.05, 0.1) is 23.8 Å². The van der Waals surface area contributed by atoms with Gasteiger partial charge >= 0.3 is 6.18 Å². The molecule has 11 heteroatoms. The summed E-state index contributed by atoms with van der Waals surface area (Å²) in [7, 11) is 1.61. The molecule has 2 aliphatic heterocycles. The lowest BCUT2D eigenvalue weighted by Gasteiger charge is -2.42. The summed E-state index contributed by atoms with van der Waals surface area (Å²) in [6.45, 7) is 5.84. The molecule has 0 radical (unpaired) electrons. The number of rotatable bonds is 7. The van der Waals surface area contributed by atoms with Crippen LogP contribution < -0.4 is 4.90 Å². The third kappa shape index (κ3) is 6.19. The number of hydrogen-bond donors (Lipinski definition) is 0. The molecule has 2 aromatic carbocycles. The Bertz CT molecular complexity index is 1390. The summed E-state index contributed by atoms with van der Waals surface area (Å²) in [5.74, 6) is -4.00. The van der Waals surface area contributed by atoms with Crippen molar-refractivity contribution in [2.45, 2.75) is 25.9 Å². The molecule has 2 unspecified atom stereocenters. The van der Waals surface area contributed by atoms with E-state index in [1.165, 1.54) is 26.0 Å². The van der Waals surface area contributed by atoms with Crippen LogP contribution in [0.15, 0.2) is 59.8 Å². The van der Waals surface area contributed by atoms with Gasteiger partial charge in [-0.1, -0.05) is 18.2 Å². The zero-order valence-electron chi connectivity index (χ0n) is 23.1. The molecule has 0 N–H and O–H groups in total. The van der Waals surface area contributed by atoms with Gasteiger partial charge in [-0.05, 0) is 49.7 Å². The van der Waals surface area contributed by atoms with Crippen LogP contribution in [0.3, 0.4) is 0 Å². The van der Waals surface area contributed by atoms with Crippen molar-refractivity contribution in [1.29, 1.82) is 5.26 Å². The third-order valence-corrected chi connectivity index (χ3v) is 7.63. The maximum Gasteiger partial charge on any atom is 0.416 e. The van der Waals surface area contributed by atoms with Gasteiger partial charge < -0.3 is 9.64 Å². The first-order chi connectivity index (χ1) is 19.5. The minimum Gasteiger partial charge on any atom is -0.383 e. The molecule has 2 aromatic rings. The summed E-state index contributed by atoms with van der Waals surface area (Å²) in [5.41, 5.74) is 0.128. The van der Waals surface area contributed by atoms with E-state index in [1.807, 2.05) is 6.07 Å². The highest BCUT2D eigenvalue weighted by Gasteiger charge is 2.49. The molecule has 2 heterocycles. The molecule has 2 aliphatic rings. The van der Waals surface area contributed by atoms with Crippen molar-refractivity contribution in [3.8, 4) is 6.07 Å². The molecule has 0 aromatic heterocycles. The van der Waals surface area contributed by atoms with Crippen molar-refractivity contribution in [2.75, 3.05) is 51.3 Å². The van der Waals surface area contributed by atoms with Crippen molar-refractivity contribution >= 4 is 23.3 Å². The second-order valence-corrected chi connectivity index (χ2v) is 10.1. The number of ether oxygens (including phenoxy) is 1. The topological polar surface area (TPSA) is 93.9 Å². The number of amides is 2. The van der Waals surface area contributed by atoms with E-state index >= 15 is 0 Å². The Morgan fingerprint density at radius 1 is 1.07 bits per heavy atom. The highest BCUT2D eigenvalue weighted by atomic mass is 19.4. The van der Waals surface area contributed by atoms with Crippen LogP contribution in [-0.4, -0.2) is 73.8 Å². The first kappa shape index (κ1) is 30.0.